The lowest BCUT2D eigenvalue weighted by atomic mass is 9.86. The number of pyridine rings is 2. The fourth-order valence-electron chi connectivity index (χ4n) is 5.37. The van der Waals surface area contributed by atoms with Crippen LogP contribution < -0.4 is 5.32 Å². The minimum absolute atomic E-state index is 0.0262. The van der Waals surface area contributed by atoms with Gasteiger partial charge in [-0.25, -0.2) is 13.2 Å². The summed E-state index contributed by atoms with van der Waals surface area (Å²) in [5, 5.41) is 15.4. The Labute approximate surface area is 219 Å². The van der Waals surface area contributed by atoms with Gasteiger partial charge in [-0.3, -0.25) is 14.8 Å². The molecule has 0 unspecified atom stereocenters. The Morgan fingerprint density at radius 1 is 1.16 bits per heavy atom. The first-order valence-corrected chi connectivity index (χ1v) is 12.9. The van der Waals surface area contributed by atoms with Crippen molar-refractivity contribution in [1.82, 2.24) is 14.9 Å². The van der Waals surface area contributed by atoms with Crippen LogP contribution in [0.4, 0.5) is 18.9 Å². The molecule has 1 aromatic carbocycles. The van der Waals surface area contributed by atoms with E-state index in [1.165, 1.54) is 12.1 Å². The van der Waals surface area contributed by atoms with Crippen molar-refractivity contribution < 1.29 is 27.8 Å². The Kier molecular flexibility index (Phi) is 7.54. The summed E-state index contributed by atoms with van der Waals surface area (Å²) in [6.45, 7) is 3.76. The number of fused-ring (bicyclic) bond motifs is 1. The van der Waals surface area contributed by atoms with Crippen LogP contribution >= 0.6 is 0 Å². The molecule has 2 aliphatic heterocycles. The maximum absolute atomic E-state index is 14.7. The van der Waals surface area contributed by atoms with E-state index < -0.39 is 29.4 Å². The zero-order valence-corrected chi connectivity index (χ0v) is 21.2. The van der Waals surface area contributed by atoms with E-state index in [0.717, 1.165) is 18.9 Å². The van der Waals surface area contributed by atoms with Crippen LogP contribution in [-0.4, -0.2) is 52.2 Å². The summed E-state index contributed by atoms with van der Waals surface area (Å²) in [7, 11) is 0. The first kappa shape index (κ1) is 26.4. The van der Waals surface area contributed by atoms with Crippen molar-refractivity contribution in [3.63, 3.8) is 0 Å². The second-order valence-corrected chi connectivity index (χ2v) is 10.1. The number of nitrogens with zero attached hydrogens (tertiary/aromatic N) is 3. The molecule has 4 heterocycles. The third-order valence-electron chi connectivity index (χ3n) is 7.71. The van der Waals surface area contributed by atoms with E-state index in [-0.39, 0.29) is 17.4 Å². The molecule has 202 valence electrons. The van der Waals surface area contributed by atoms with Crippen molar-refractivity contribution in [1.29, 1.82) is 0 Å². The van der Waals surface area contributed by atoms with Crippen molar-refractivity contribution in [2.75, 3.05) is 31.6 Å². The molecule has 0 radical (unpaired) electrons. The van der Waals surface area contributed by atoms with Gasteiger partial charge in [-0.1, -0.05) is 18.2 Å². The standard InChI is InChI=1S/C28H31F3N4O3/c1-17(19-3-2-4-20(25(19)29)26(30)31)34-22-5-10-32-23-16-33-24(15-21(22)23)28(37)8-11-35(12-9-28)27(36)18-6-13-38-14-7-18/h2-5,10,15-18,26,37H,6-9,11-14H2,1H3,(H,32,34)/t17-/m1/s1. The highest BCUT2D eigenvalue weighted by Gasteiger charge is 2.38. The maximum atomic E-state index is 14.7. The van der Waals surface area contributed by atoms with Crippen LogP contribution in [0.2, 0.25) is 0 Å². The molecule has 2 aromatic heterocycles. The Balaban J connectivity index is 1.35. The summed E-state index contributed by atoms with van der Waals surface area (Å²) >= 11 is 0. The number of halogens is 3. The first-order chi connectivity index (χ1) is 18.3. The number of carbonyl (C=O) groups is 1. The number of aromatic nitrogens is 2. The Hall–Kier alpha value is -3.24. The van der Waals surface area contributed by atoms with E-state index in [0.29, 0.717) is 61.4 Å². The average Bonchev–Trinajstić information content (AvgIpc) is 2.93. The van der Waals surface area contributed by atoms with E-state index in [1.807, 2.05) is 4.90 Å². The molecule has 0 aliphatic carbocycles. The minimum Gasteiger partial charge on any atom is -0.383 e. The van der Waals surface area contributed by atoms with Crippen LogP contribution in [0.3, 0.4) is 0 Å². The van der Waals surface area contributed by atoms with Crippen molar-refractivity contribution in [3.8, 4) is 0 Å². The molecule has 0 saturated carbocycles. The molecule has 2 fully saturated rings. The number of hydrogen-bond acceptors (Lipinski definition) is 6. The molecule has 7 nitrogen and oxygen atoms in total. The predicted molar refractivity (Wildman–Crippen MR) is 136 cm³/mol. The van der Waals surface area contributed by atoms with Crippen LogP contribution in [0.1, 0.15) is 61.9 Å². The van der Waals surface area contributed by atoms with Crippen LogP contribution in [0.15, 0.2) is 42.7 Å². The summed E-state index contributed by atoms with van der Waals surface area (Å²) < 4.78 is 46.5. The van der Waals surface area contributed by atoms with Crippen LogP contribution in [0, 0.1) is 11.7 Å². The molecule has 0 spiro atoms. The quantitative estimate of drug-likeness (QED) is 0.462. The lowest BCUT2D eigenvalue weighted by Crippen LogP contribution is -2.48. The fourth-order valence-corrected chi connectivity index (χ4v) is 5.37. The lowest BCUT2D eigenvalue weighted by molar-refractivity contribution is -0.143. The Bertz CT molecular complexity index is 1310. The number of piperidine rings is 1. The van der Waals surface area contributed by atoms with Gasteiger partial charge in [-0.05, 0) is 44.7 Å². The van der Waals surface area contributed by atoms with E-state index in [4.69, 9.17) is 4.74 Å². The number of benzene rings is 1. The second-order valence-electron chi connectivity index (χ2n) is 10.1. The van der Waals surface area contributed by atoms with Gasteiger partial charge in [-0.2, -0.15) is 0 Å². The fraction of sp³-hybridized carbons (Fsp3) is 0.464. The number of anilines is 1. The number of ether oxygens (including phenoxy) is 1. The molecule has 1 atom stereocenters. The molecule has 3 aromatic rings. The van der Waals surface area contributed by atoms with E-state index in [9.17, 15) is 23.1 Å². The molecule has 2 N–H and O–H groups in total. The topological polar surface area (TPSA) is 87.6 Å². The van der Waals surface area contributed by atoms with Gasteiger partial charge >= 0.3 is 0 Å². The van der Waals surface area contributed by atoms with Gasteiger partial charge in [-0.15, -0.1) is 0 Å². The summed E-state index contributed by atoms with van der Waals surface area (Å²) in [6, 6.07) is 6.85. The molecule has 38 heavy (non-hydrogen) atoms. The second kappa shape index (κ2) is 10.9. The number of amides is 1. The molecular weight excluding hydrogens is 497 g/mol. The zero-order valence-electron chi connectivity index (χ0n) is 21.2. The van der Waals surface area contributed by atoms with E-state index >= 15 is 0 Å². The number of hydrogen-bond donors (Lipinski definition) is 2. The Morgan fingerprint density at radius 3 is 2.58 bits per heavy atom. The molecule has 2 saturated heterocycles. The summed E-state index contributed by atoms with van der Waals surface area (Å²) in [5.41, 5.74) is -0.0600. The highest BCUT2D eigenvalue weighted by molar-refractivity contribution is 5.91. The third kappa shape index (κ3) is 5.19. The minimum atomic E-state index is -2.91. The zero-order chi connectivity index (χ0) is 26.9. The van der Waals surface area contributed by atoms with E-state index in [2.05, 4.69) is 15.3 Å². The third-order valence-corrected chi connectivity index (χ3v) is 7.71. The van der Waals surface area contributed by atoms with Crippen molar-refractivity contribution in [2.45, 2.75) is 50.7 Å². The number of likely N-dealkylation sites (tertiary alicyclic amines) is 1. The number of nitrogens with one attached hydrogen (secondary N) is 1. The van der Waals surface area contributed by atoms with Gasteiger partial charge < -0.3 is 20.1 Å². The van der Waals surface area contributed by atoms with E-state index in [1.54, 1.807) is 31.5 Å². The van der Waals surface area contributed by atoms with Gasteiger partial charge in [0.1, 0.15) is 11.4 Å². The maximum Gasteiger partial charge on any atom is 0.266 e. The average molecular weight is 529 g/mol. The summed E-state index contributed by atoms with van der Waals surface area (Å²) in [6.07, 6.45) is 2.41. The SMILES string of the molecule is C[C@@H](Nc1ccnc2cnc(C3(O)CCN(C(=O)C4CCOCC4)CC3)cc12)c1cccc(C(F)F)c1F. The highest BCUT2D eigenvalue weighted by Crippen LogP contribution is 2.36. The molecule has 10 heteroatoms. The van der Waals surface area contributed by atoms with Gasteiger partial charge in [0.15, 0.2) is 0 Å². The van der Waals surface area contributed by atoms with Crippen LogP contribution in [0.5, 0.6) is 0 Å². The number of rotatable bonds is 6. The Morgan fingerprint density at radius 2 is 1.87 bits per heavy atom. The molecule has 0 bridgehead atoms. The molecule has 2 aliphatic rings. The highest BCUT2D eigenvalue weighted by atomic mass is 19.3. The molecule has 1 amide bonds. The van der Waals surface area contributed by atoms with Crippen molar-refractivity contribution in [2.24, 2.45) is 5.92 Å². The predicted octanol–water partition coefficient (Wildman–Crippen LogP) is 5.12. The molecular formula is C28H31F3N4O3. The lowest BCUT2D eigenvalue weighted by Gasteiger charge is -2.39. The number of aliphatic hydroxyl groups is 1. The van der Waals surface area contributed by atoms with Gasteiger partial charge in [0, 0.05) is 55.1 Å². The largest absolute Gasteiger partial charge is 0.383 e. The van der Waals surface area contributed by atoms with Crippen LogP contribution in [-0.2, 0) is 15.1 Å². The first-order valence-electron chi connectivity index (χ1n) is 12.9. The molecule has 5 rings (SSSR count). The monoisotopic (exact) mass is 528 g/mol. The van der Waals surface area contributed by atoms with Gasteiger partial charge in [0.05, 0.1) is 29.0 Å². The summed E-state index contributed by atoms with van der Waals surface area (Å²) in [5.74, 6) is -0.837. The number of carbonyl (C=O) groups excluding carboxylic acids is 1. The normalized spacial score (nSPS) is 19.1. The smallest absolute Gasteiger partial charge is 0.266 e. The number of alkyl halides is 2. The van der Waals surface area contributed by atoms with Gasteiger partial charge in [0.25, 0.3) is 6.43 Å². The van der Waals surface area contributed by atoms with Crippen molar-refractivity contribution >= 4 is 22.5 Å². The van der Waals surface area contributed by atoms with Gasteiger partial charge in [0.2, 0.25) is 5.91 Å². The van der Waals surface area contributed by atoms with Crippen LogP contribution in [0.25, 0.3) is 10.9 Å². The summed E-state index contributed by atoms with van der Waals surface area (Å²) in [4.78, 5) is 23.6. The van der Waals surface area contributed by atoms with Crippen molar-refractivity contribution in [3.05, 3.63) is 65.4 Å².